The molecule has 0 aromatic heterocycles. The summed E-state index contributed by atoms with van der Waals surface area (Å²) in [6, 6.07) is 13.6. The van der Waals surface area contributed by atoms with Crippen molar-refractivity contribution in [3.05, 3.63) is 83.2 Å². The minimum atomic E-state index is -0.273. The van der Waals surface area contributed by atoms with E-state index >= 15 is 0 Å². The molecule has 26 heavy (non-hydrogen) atoms. The molecular weight excluding hydrogens is 325 g/mol. The van der Waals surface area contributed by atoms with Gasteiger partial charge in [0.1, 0.15) is 11.7 Å². The third kappa shape index (κ3) is 5.15. The summed E-state index contributed by atoms with van der Waals surface area (Å²) in [5, 5.41) is 8.08. The van der Waals surface area contributed by atoms with Crippen LogP contribution in [0.4, 0.5) is 4.39 Å². The Morgan fingerprint density at radius 1 is 1.15 bits per heavy atom. The van der Waals surface area contributed by atoms with Crippen molar-refractivity contribution >= 4 is 11.5 Å². The van der Waals surface area contributed by atoms with Crippen LogP contribution < -0.4 is 5.73 Å². The standard InChI is InChI=1S/C22H22FN3/c1-4-16-5-7-17(8-6-16)20(24)13-14-21(25)26-15-22(2,3)18-9-11-19(23)12-10-18/h1,5-14,24H,15H2,2-3H3,(H2,25,26)/b14-13-,24-20?. The van der Waals surface area contributed by atoms with E-state index in [-0.39, 0.29) is 11.2 Å². The maximum absolute atomic E-state index is 13.1. The van der Waals surface area contributed by atoms with E-state index in [2.05, 4.69) is 10.9 Å². The van der Waals surface area contributed by atoms with Crippen LogP contribution in [0.5, 0.6) is 0 Å². The molecule has 2 aromatic carbocycles. The molecule has 0 atom stereocenters. The van der Waals surface area contributed by atoms with Gasteiger partial charge in [-0.05, 0) is 47.5 Å². The van der Waals surface area contributed by atoms with Crippen LogP contribution in [-0.2, 0) is 5.41 Å². The number of nitrogens with two attached hydrogens (primary N) is 1. The Morgan fingerprint density at radius 3 is 2.35 bits per heavy atom. The van der Waals surface area contributed by atoms with Gasteiger partial charge in [0.25, 0.3) is 0 Å². The van der Waals surface area contributed by atoms with E-state index in [1.165, 1.54) is 12.1 Å². The molecule has 0 spiro atoms. The summed E-state index contributed by atoms with van der Waals surface area (Å²) in [6.07, 6.45) is 8.54. The Bertz CT molecular complexity index is 867. The van der Waals surface area contributed by atoms with E-state index in [1.54, 1.807) is 48.6 Å². The van der Waals surface area contributed by atoms with E-state index in [0.29, 0.717) is 18.1 Å². The van der Waals surface area contributed by atoms with Crippen LogP contribution in [0.15, 0.2) is 65.7 Å². The fraction of sp³-hybridized carbons (Fsp3) is 0.182. The van der Waals surface area contributed by atoms with Crippen molar-refractivity contribution in [2.24, 2.45) is 10.7 Å². The van der Waals surface area contributed by atoms with Crippen molar-refractivity contribution in [3.63, 3.8) is 0 Å². The molecule has 0 heterocycles. The van der Waals surface area contributed by atoms with Gasteiger partial charge in [-0.2, -0.15) is 0 Å². The highest BCUT2D eigenvalue weighted by Gasteiger charge is 2.20. The summed E-state index contributed by atoms with van der Waals surface area (Å²) in [7, 11) is 0. The number of rotatable bonds is 6. The zero-order chi connectivity index (χ0) is 19.2. The van der Waals surface area contributed by atoms with E-state index in [0.717, 1.165) is 16.7 Å². The minimum absolute atomic E-state index is 0.260. The number of nitrogens with zero attached hydrogens (tertiary/aromatic N) is 1. The second kappa shape index (κ2) is 8.26. The number of hydrogen-bond acceptors (Lipinski definition) is 2. The first-order valence-electron chi connectivity index (χ1n) is 8.21. The number of aliphatic imine (C=N–C) groups is 1. The highest BCUT2D eigenvalue weighted by molar-refractivity contribution is 6.09. The molecule has 0 unspecified atom stereocenters. The third-order valence-electron chi connectivity index (χ3n) is 4.07. The average molecular weight is 347 g/mol. The van der Waals surface area contributed by atoms with Crippen LogP contribution in [-0.4, -0.2) is 18.1 Å². The quantitative estimate of drug-likeness (QED) is 0.462. The van der Waals surface area contributed by atoms with E-state index in [9.17, 15) is 4.39 Å². The largest absolute Gasteiger partial charge is 0.384 e. The summed E-state index contributed by atoms with van der Waals surface area (Å²) in [4.78, 5) is 4.38. The average Bonchev–Trinajstić information content (AvgIpc) is 2.65. The first kappa shape index (κ1) is 19.1. The molecule has 0 bridgehead atoms. The molecule has 0 radical (unpaired) electrons. The fourth-order valence-corrected chi connectivity index (χ4v) is 2.34. The lowest BCUT2D eigenvalue weighted by atomic mass is 9.85. The van der Waals surface area contributed by atoms with Gasteiger partial charge in [-0.15, -0.1) is 6.42 Å². The lowest BCUT2D eigenvalue weighted by Gasteiger charge is -2.23. The number of hydrogen-bond donors (Lipinski definition) is 2. The predicted octanol–water partition coefficient (Wildman–Crippen LogP) is 4.07. The number of allylic oxidation sites excluding steroid dienone is 1. The number of nitrogens with one attached hydrogen (secondary N) is 1. The molecule has 132 valence electrons. The van der Waals surface area contributed by atoms with Crippen molar-refractivity contribution in [1.82, 2.24) is 0 Å². The Kier molecular flexibility index (Phi) is 6.08. The number of terminal acetylenes is 1. The Labute approximate surface area is 154 Å². The summed E-state index contributed by atoms with van der Waals surface area (Å²) in [6.45, 7) is 4.50. The summed E-state index contributed by atoms with van der Waals surface area (Å²) in [5.41, 5.74) is 8.49. The zero-order valence-electron chi connectivity index (χ0n) is 15.0. The molecule has 0 amide bonds. The Hall–Kier alpha value is -3.19. The second-order valence-electron chi connectivity index (χ2n) is 6.60. The summed E-state index contributed by atoms with van der Waals surface area (Å²) >= 11 is 0. The van der Waals surface area contributed by atoms with Crippen molar-refractivity contribution in [2.75, 3.05) is 6.54 Å². The molecule has 0 fully saturated rings. The van der Waals surface area contributed by atoms with Gasteiger partial charge >= 0.3 is 0 Å². The maximum Gasteiger partial charge on any atom is 0.123 e. The van der Waals surface area contributed by atoms with Crippen LogP contribution in [0.3, 0.4) is 0 Å². The number of benzene rings is 2. The van der Waals surface area contributed by atoms with Gasteiger partial charge in [0.15, 0.2) is 0 Å². The van der Waals surface area contributed by atoms with Gasteiger partial charge < -0.3 is 11.1 Å². The molecule has 0 saturated heterocycles. The minimum Gasteiger partial charge on any atom is -0.384 e. The van der Waals surface area contributed by atoms with Gasteiger partial charge in [0.05, 0.1) is 12.3 Å². The fourth-order valence-electron chi connectivity index (χ4n) is 2.34. The van der Waals surface area contributed by atoms with Crippen LogP contribution >= 0.6 is 0 Å². The van der Waals surface area contributed by atoms with Gasteiger partial charge in [-0.1, -0.05) is 44.0 Å². The zero-order valence-corrected chi connectivity index (χ0v) is 15.0. The van der Waals surface area contributed by atoms with E-state index in [1.807, 2.05) is 13.8 Å². The van der Waals surface area contributed by atoms with E-state index in [4.69, 9.17) is 17.6 Å². The monoisotopic (exact) mass is 347 g/mol. The molecular formula is C22H22FN3. The highest BCUT2D eigenvalue weighted by Crippen LogP contribution is 2.23. The third-order valence-corrected chi connectivity index (χ3v) is 4.07. The van der Waals surface area contributed by atoms with Gasteiger partial charge in [0, 0.05) is 11.0 Å². The molecule has 2 rings (SSSR count). The second-order valence-corrected chi connectivity index (χ2v) is 6.60. The SMILES string of the molecule is C#Cc1ccc(C(=N)/C=C\C(N)=NCC(C)(C)c2ccc(F)cc2)cc1. The van der Waals surface area contributed by atoms with Crippen LogP contribution in [0.2, 0.25) is 0 Å². The lowest BCUT2D eigenvalue weighted by molar-refractivity contribution is 0.537. The van der Waals surface area contributed by atoms with Crippen molar-refractivity contribution < 1.29 is 4.39 Å². The summed E-state index contributed by atoms with van der Waals surface area (Å²) < 4.78 is 13.1. The Morgan fingerprint density at radius 2 is 1.77 bits per heavy atom. The van der Waals surface area contributed by atoms with Gasteiger partial charge in [-0.25, -0.2) is 4.39 Å². The van der Waals surface area contributed by atoms with Crippen molar-refractivity contribution in [1.29, 1.82) is 5.41 Å². The number of halogens is 1. The van der Waals surface area contributed by atoms with Crippen LogP contribution in [0.1, 0.15) is 30.5 Å². The van der Waals surface area contributed by atoms with E-state index < -0.39 is 0 Å². The van der Waals surface area contributed by atoms with Gasteiger partial charge in [0.2, 0.25) is 0 Å². The molecule has 0 aliphatic heterocycles. The maximum atomic E-state index is 13.1. The summed E-state index contributed by atoms with van der Waals surface area (Å²) in [5.74, 6) is 2.62. The first-order chi connectivity index (χ1) is 12.3. The highest BCUT2D eigenvalue weighted by atomic mass is 19.1. The molecule has 3 nitrogen and oxygen atoms in total. The molecule has 0 saturated carbocycles. The van der Waals surface area contributed by atoms with Crippen molar-refractivity contribution in [2.45, 2.75) is 19.3 Å². The van der Waals surface area contributed by atoms with Crippen LogP contribution in [0, 0.1) is 23.6 Å². The van der Waals surface area contributed by atoms with Crippen molar-refractivity contribution in [3.8, 4) is 12.3 Å². The molecule has 2 aromatic rings. The predicted molar refractivity (Wildman–Crippen MR) is 106 cm³/mol. The normalized spacial score (nSPS) is 12.2. The first-order valence-corrected chi connectivity index (χ1v) is 8.21. The Balaban J connectivity index is 2.02. The number of amidine groups is 1. The molecule has 4 heteroatoms. The molecule has 0 aliphatic carbocycles. The van der Waals surface area contributed by atoms with Gasteiger partial charge in [-0.3, -0.25) is 4.99 Å². The topological polar surface area (TPSA) is 62.2 Å². The van der Waals surface area contributed by atoms with Crippen LogP contribution in [0.25, 0.3) is 0 Å². The lowest BCUT2D eigenvalue weighted by Crippen LogP contribution is -2.23. The molecule has 0 aliphatic rings. The molecule has 3 N–H and O–H groups in total. The smallest absolute Gasteiger partial charge is 0.123 e.